The maximum atomic E-state index is 13.1. The molecule has 0 amide bonds. The number of aryl methyl sites for hydroxylation is 5. The summed E-state index contributed by atoms with van der Waals surface area (Å²) in [7, 11) is -0.517. The van der Waals surface area contributed by atoms with Crippen LogP contribution in [0.1, 0.15) is 149 Å². The Bertz CT molecular complexity index is 3040. The average molecular weight is 1160 g/mol. The van der Waals surface area contributed by atoms with Gasteiger partial charge >= 0.3 is 38.0 Å². The maximum Gasteiger partial charge on any atom is 0.495 e. The van der Waals surface area contributed by atoms with Crippen LogP contribution in [-0.2, 0) is 36.1 Å². The van der Waals surface area contributed by atoms with Gasteiger partial charge in [0, 0.05) is 10.8 Å². The van der Waals surface area contributed by atoms with Crippen molar-refractivity contribution in [3.63, 3.8) is 0 Å². The second kappa shape index (κ2) is 25.5. The summed E-state index contributed by atoms with van der Waals surface area (Å²) < 4.78 is 170. The summed E-state index contributed by atoms with van der Waals surface area (Å²) in [5, 5.41) is 18.9. The fourth-order valence-corrected chi connectivity index (χ4v) is 10.3. The molecule has 1 fully saturated rings. The summed E-state index contributed by atoms with van der Waals surface area (Å²) in [6, 6.07) is 31.0. The van der Waals surface area contributed by atoms with Crippen molar-refractivity contribution in [3.8, 4) is 11.1 Å². The summed E-state index contributed by atoms with van der Waals surface area (Å²) in [6.07, 6.45) is -18.7. The predicted molar refractivity (Wildman–Crippen MR) is 295 cm³/mol. The first-order valence-electron chi connectivity index (χ1n) is 26.7. The van der Waals surface area contributed by atoms with Gasteiger partial charge in [-0.3, -0.25) is 0 Å². The summed E-state index contributed by atoms with van der Waals surface area (Å²) in [5.41, 5.74) is 0.0401. The molecule has 0 aliphatic carbocycles. The van der Waals surface area contributed by atoms with Gasteiger partial charge in [0.25, 0.3) is 11.2 Å². The zero-order chi connectivity index (χ0) is 62.5. The fraction of sp³-hybridized carbons (Fsp3) is 0.444. The monoisotopic (exact) mass is 1160 g/mol. The first-order chi connectivity index (χ1) is 37.7. The zero-order valence-electron chi connectivity index (χ0n) is 48.2. The van der Waals surface area contributed by atoms with E-state index >= 15 is 0 Å². The van der Waals surface area contributed by atoms with Crippen LogP contribution in [0.15, 0.2) is 109 Å². The minimum absolute atomic E-state index is 0.143. The molecule has 5 aromatic rings. The number of aliphatic hydroxyl groups is 2. The summed E-state index contributed by atoms with van der Waals surface area (Å²) >= 11 is 0. The number of alkyl halides is 12. The van der Waals surface area contributed by atoms with Crippen LogP contribution >= 0.6 is 0 Å². The Morgan fingerprint density at radius 3 is 1.09 bits per heavy atom. The Morgan fingerprint density at radius 2 is 0.793 bits per heavy atom. The van der Waals surface area contributed by atoms with Gasteiger partial charge in [-0.1, -0.05) is 149 Å². The van der Waals surface area contributed by atoms with E-state index in [0.29, 0.717) is 36.1 Å². The largest absolute Gasteiger partial charge is 0.495 e. The van der Waals surface area contributed by atoms with Crippen LogP contribution in [-0.4, -0.2) is 70.6 Å². The number of hydrogen-bond donors (Lipinski definition) is 2. The van der Waals surface area contributed by atoms with Crippen LogP contribution in [0.2, 0.25) is 0 Å². The number of halogens is 12. The molecule has 1 heterocycles. The Balaban J connectivity index is 0.000000336. The van der Waals surface area contributed by atoms with Crippen molar-refractivity contribution in [2.45, 2.75) is 180 Å². The molecule has 0 radical (unpaired) electrons. The fourth-order valence-electron chi connectivity index (χ4n) is 10.3. The van der Waals surface area contributed by atoms with E-state index in [2.05, 4.69) is 76.2 Å². The van der Waals surface area contributed by atoms with Gasteiger partial charge in [-0.2, -0.15) is 62.3 Å². The minimum Gasteiger partial charge on any atom is -0.399 e. The molecule has 0 aromatic heterocycles. The molecule has 19 heteroatoms. The maximum absolute atomic E-state index is 13.1. The molecule has 5 aromatic carbocycles. The highest BCUT2D eigenvalue weighted by Crippen LogP contribution is 2.48. The van der Waals surface area contributed by atoms with Crippen LogP contribution < -0.4 is 5.46 Å². The van der Waals surface area contributed by atoms with Gasteiger partial charge in [0.15, 0.2) is 0 Å². The highest BCUT2D eigenvalue weighted by molar-refractivity contribution is 6.62. The highest BCUT2D eigenvalue weighted by Gasteiger charge is 2.70. The Morgan fingerprint density at radius 1 is 0.476 bits per heavy atom. The van der Waals surface area contributed by atoms with E-state index in [1.807, 2.05) is 60.6 Å². The van der Waals surface area contributed by atoms with Crippen molar-refractivity contribution >= 4 is 30.9 Å². The normalized spacial score (nSPS) is 15.3. The molecular weight excluding hydrogens is 1090 g/mol. The number of benzene rings is 5. The Hall–Kier alpha value is -5.98. The molecule has 0 atom stereocenters. The molecule has 1 aliphatic heterocycles. The zero-order valence-corrected chi connectivity index (χ0v) is 48.2. The lowest BCUT2D eigenvalue weighted by Crippen LogP contribution is -2.55. The van der Waals surface area contributed by atoms with Gasteiger partial charge < -0.3 is 19.5 Å². The molecule has 0 saturated carbocycles. The SMILES string of the molecule is CCC(CC)(c1ccc(/C=C/C(O)(C(F)(F)F)C(F)(F)F)c(C)c1)c1ccc(B2OC(C)(C)C(C)(C)O2)c(C)c1.CCc1ccc(-c2ccc(C(CC)(CC)c3ccc(/C=C/C(O)(C(F)(F)F)C(F)(F)F)c(C)c3)cc2C)cc1.O=C=O. The molecule has 6 rings (SSSR count). The summed E-state index contributed by atoms with van der Waals surface area (Å²) in [5.74, 6) is 0. The van der Waals surface area contributed by atoms with Crippen LogP contribution in [0.5, 0.6) is 0 Å². The molecule has 0 spiro atoms. The minimum atomic E-state index is -5.92. The van der Waals surface area contributed by atoms with Gasteiger partial charge in [0.1, 0.15) is 0 Å². The van der Waals surface area contributed by atoms with Gasteiger partial charge in [0.2, 0.25) is 0 Å². The average Bonchev–Trinajstić information content (AvgIpc) is 3.62. The van der Waals surface area contributed by atoms with Gasteiger partial charge in [-0.15, -0.1) is 0 Å². The highest BCUT2D eigenvalue weighted by atomic mass is 19.4. The van der Waals surface area contributed by atoms with E-state index in [4.69, 9.17) is 18.9 Å². The summed E-state index contributed by atoms with van der Waals surface area (Å²) in [6.45, 7) is 25.6. The lowest BCUT2D eigenvalue weighted by Gasteiger charge is -2.34. The third-order valence-electron chi connectivity index (χ3n) is 16.6. The quantitative estimate of drug-likeness (QED) is 0.0801. The first-order valence-corrected chi connectivity index (χ1v) is 26.7. The predicted octanol–water partition coefficient (Wildman–Crippen LogP) is 16.5. The molecule has 82 heavy (non-hydrogen) atoms. The number of rotatable bonds is 15. The van der Waals surface area contributed by atoms with Crippen molar-refractivity contribution < 1.29 is 81.8 Å². The van der Waals surface area contributed by atoms with Gasteiger partial charge in [0.05, 0.1) is 11.2 Å². The van der Waals surface area contributed by atoms with Crippen LogP contribution in [0.3, 0.4) is 0 Å². The lowest BCUT2D eigenvalue weighted by molar-refractivity contribution is -0.348. The second-order valence-corrected chi connectivity index (χ2v) is 21.7. The van der Waals surface area contributed by atoms with Gasteiger partial charge in [-0.05, 0) is 172 Å². The number of hydrogen-bond acceptors (Lipinski definition) is 6. The molecule has 0 unspecified atom stereocenters. The van der Waals surface area contributed by atoms with E-state index in [0.717, 1.165) is 69.2 Å². The van der Waals surface area contributed by atoms with Crippen LogP contribution in [0.25, 0.3) is 23.3 Å². The Labute approximate surface area is 472 Å². The molecular formula is C63H71BF12O6. The molecule has 2 N–H and O–H groups in total. The first kappa shape index (κ1) is 68.5. The second-order valence-electron chi connectivity index (χ2n) is 21.7. The van der Waals surface area contributed by atoms with Gasteiger partial charge in [-0.25, -0.2) is 0 Å². The lowest BCUT2D eigenvalue weighted by atomic mass is 9.68. The van der Waals surface area contributed by atoms with E-state index in [1.54, 1.807) is 38.1 Å². The topological polar surface area (TPSA) is 93.1 Å². The van der Waals surface area contributed by atoms with E-state index < -0.39 is 65.1 Å². The number of carbonyl (C=O) groups excluding carboxylic acids is 2. The third kappa shape index (κ3) is 13.8. The third-order valence-corrected chi connectivity index (χ3v) is 16.6. The van der Waals surface area contributed by atoms with Crippen molar-refractivity contribution in [1.29, 1.82) is 0 Å². The molecule has 1 aliphatic rings. The molecule has 446 valence electrons. The van der Waals surface area contributed by atoms with Crippen LogP contribution in [0, 0.1) is 27.7 Å². The van der Waals surface area contributed by atoms with E-state index in [9.17, 15) is 62.9 Å². The van der Waals surface area contributed by atoms with E-state index in [1.165, 1.54) is 17.7 Å². The van der Waals surface area contributed by atoms with Crippen LogP contribution in [0.4, 0.5) is 52.7 Å². The van der Waals surface area contributed by atoms with E-state index in [-0.39, 0.29) is 29.4 Å². The Kier molecular flexibility index (Phi) is 21.3. The standard InChI is InChI=1S/C32H34F6O.C30H37BF6O3.CO2/c1-6-23-9-11-25(12-10-23)28-16-15-27(20-22(28)5)29(7-2,8-3)26-14-13-24(21(4)19-26)17-18-30(39,31(33,34)35)32(36,37)38;1-9-27(10-2,23-13-14-24(20(4)18-23)31-39-25(5,6)26(7,8)40-31)22-12-11-21(19(3)17-22)15-16-28(38,29(32,33)34)30(35,36)37;2-1-3/h9-20,39H,6-8H2,1-5H3;11-18,38H,9-10H2,1-8H3;/b18-17+;16-15+;. The summed E-state index contributed by atoms with van der Waals surface area (Å²) in [4.78, 5) is 16.2. The molecule has 0 bridgehead atoms. The molecule has 1 saturated heterocycles. The van der Waals surface area contributed by atoms with Crippen molar-refractivity contribution in [2.24, 2.45) is 0 Å². The smallest absolute Gasteiger partial charge is 0.399 e. The van der Waals surface area contributed by atoms with Crippen molar-refractivity contribution in [3.05, 3.63) is 170 Å². The van der Waals surface area contributed by atoms with Crippen molar-refractivity contribution in [2.75, 3.05) is 0 Å². The molecule has 6 nitrogen and oxygen atoms in total. The van der Waals surface area contributed by atoms with Crippen molar-refractivity contribution in [1.82, 2.24) is 0 Å².